The molecular weight excluding hydrogens is 255 g/mol. The Morgan fingerprint density at radius 1 is 1.25 bits per heavy atom. The van der Waals surface area contributed by atoms with E-state index in [0.29, 0.717) is 17.8 Å². The molecule has 0 amide bonds. The molecule has 3 nitrogen and oxygen atoms in total. The van der Waals surface area contributed by atoms with Crippen molar-refractivity contribution < 1.29 is 9.13 Å². The molecule has 20 heavy (non-hydrogen) atoms. The minimum absolute atomic E-state index is 0.226. The van der Waals surface area contributed by atoms with Crippen molar-refractivity contribution in [2.75, 3.05) is 12.4 Å². The molecule has 0 saturated carbocycles. The monoisotopic (exact) mass is 272 g/mol. The van der Waals surface area contributed by atoms with Crippen LogP contribution >= 0.6 is 0 Å². The summed E-state index contributed by atoms with van der Waals surface area (Å²) in [6.07, 6.45) is 0. The summed E-state index contributed by atoms with van der Waals surface area (Å²) >= 11 is 0. The second-order valence-electron chi connectivity index (χ2n) is 4.42. The zero-order valence-corrected chi connectivity index (χ0v) is 11.3. The number of nitrogens with two attached hydrogens (primary N) is 1. The van der Waals surface area contributed by atoms with Crippen molar-refractivity contribution in [1.82, 2.24) is 0 Å². The number of nitrogens with one attached hydrogen (secondary N) is 1. The predicted octanol–water partition coefficient (Wildman–Crippen LogP) is 3.38. The minimum atomic E-state index is -0.378. The average molecular weight is 272 g/mol. The molecule has 0 aliphatic heterocycles. The number of hydrogen-bond acceptors (Lipinski definition) is 3. The van der Waals surface area contributed by atoms with Crippen LogP contribution in [0.4, 0.5) is 10.1 Å². The second-order valence-corrected chi connectivity index (χ2v) is 4.42. The smallest absolute Gasteiger partial charge is 0.134 e. The standard InChI is InChI=1S/C16H17FN2O/c1-11(18)15-8-5-13(9-16(15)17)19-10-12-3-6-14(20-2)7-4-12/h3-9,19H,1,10,18H2,2H3. The highest BCUT2D eigenvalue weighted by Gasteiger charge is 2.04. The van der Waals surface area contributed by atoms with Crippen LogP contribution in [0.5, 0.6) is 5.75 Å². The number of methoxy groups -OCH3 is 1. The normalized spacial score (nSPS) is 10.1. The molecule has 0 heterocycles. The third-order valence-corrected chi connectivity index (χ3v) is 2.97. The highest BCUT2D eigenvalue weighted by molar-refractivity contribution is 5.63. The van der Waals surface area contributed by atoms with Gasteiger partial charge in [0, 0.05) is 23.5 Å². The maximum absolute atomic E-state index is 13.7. The van der Waals surface area contributed by atoms with Gasteiger partial charge in [-0.3, -0.25) is 0 Å². The Labute approximate surface area is 117 Å². The summed E-state index contributed by atoms with van der Waals surface area (Å²) in [5.74, 6) is 0.433. The number of ether oxygens (including phenoxy) is 1. The van der Waals surface area contributed by atoms with Gasteiger partial charge < -0.3 is 15.8 Å². The van der Waals surface area contributed by atoms with Gasteiger partial charge in [0.15, 0.2) is 0 Å². The topological polar surface area (TPSA) is 47.3 Å². The Balaban J connectivity index is 2.03. The molecule has 0 aliphatic rings. The first-order valence-corrected chi connectivity index (χ1v) is 6.21. The fourth-order valence-electron chi connectivity index (χ4n) is 1.83. The molecule has 0 saturated heterocycles. The molecule has 104 valence electrons. The van der Waals surface area contributed by atoms with E-state index in [1.807, 2.05) is 24.3 Å². The summed E-state index contributed by atoms with van der Waals surface area (Å²) in [5, 5.41) is 3.15. The summed E-state index contributed by atoms with van der Waals surface area (Å²) in [6, 6.07) is 12.5. The van der Waals surface area contributed by atoms with Crippen LogP contribution in [0.25, 0.3) is 5.70 Å². The molecular formula is C16H17FN2O. The van der Waals surface area contributed by atoms with Crippen molar-refractivity contribution >= 4 is 11.4 Å². The Bertz CT molecular complexity index is 608. The number of benzene rings is 2. The Morgan fingerprint density at radius 2 is 1.95 bits per heavy atom. The van der Waals surface area contributed by atoms with E-state index in [1.54, 1.807) is 19.2 Å². The highest BCUT2D eigenvalue weighted by atomic mass is 19.1. The highest BCUT2D eigenvalue weighted by Crippen LogP contribution is 2.19. The number of rotatable bonds is 5. The lowest BCUT2D eigenvalue weighted by molar-refractivity contribution is 0.414. The minimum Gasteiger partial charge on any atom is -0.497 e. The van der Waals surface area contributed by atoms with Crippen LogP contribution in [0.1, 0.15) is 11.1 Å². The molecule has 0 atom stereocenters. The van der Waals surface area contributed by atoms with E-state index in [2.05, 4.69) is 11.9 Å². The SMILES string of the molecule is C=C(N)c1ccc(NCc2ccc(OC)cc2)cc1F. The summed E-state index contributed by atoms with van der Waals surface area (Å²) in [4.78, 5) is 0. The van der Waals surface area contributed by atoms with Crippen LogP contribution in [-0.4, -0.2) is 7.11 Å². The van der Waals surface area contributed by atoms with Crippen molar-refractivity contribution in [2.24, 2.45) is 5.73 Å². The van der Waals surface area contributed by atoms with Gasteiger partial charge in [0.1, 0.15) is 11.6 Å². The van der Waals surface area contributed by atoms with Gasteiger partial charge >= 0.3 is 0 Å². The first-order valence-electron chi connectivity index (χ1n) is 6.21. The fraction of sp³-hybridized carbons (Fsp3) is 0.125. The molecule has 0 radical (unpaired) electrons. The average Bonchev–Trinajstić information content (AvgIpc) is 2.45. The van der Waals surface area contributed by atoms with E-state index >= 15 is 0 Å². The van der Waals surface area contributed by atoms with Gasteiger partial charge in [0.2, 0.25) is 0 Å². The van der Waals surface area contributed by atoms with Crippen molar-refractivity contribution in [2.45, 2.75) is 6.54 Å². The quantitative estimate of drug-likeness (QED) is 0.877. The van der Waals surface area contributed by atoms with Crippen molar-refractivity contribution in [3.63, 3.8) is 0 Å². The van der Waals surface area contributed by atoms with Crippen LogP contribution in [0.2, 0.25) is 0 Å². The predicted molar refractivity (Wildman–Crippen MR) is 79.9 cm³/mol. The van der Waals surface area contributed by atoms with Gasteiger partial charge in [-0.1, -0.05) is 18.7 Å². The third kappa shape index (κ3) is 3.29. The molecule has 0 bridgehead atoms. The van der Waals surface area contributed by atoms with Gasteiger partial charge in [0.05, 0.1) is 7.11 Å². The number of halogens is 1. The van der Waals surface area contributed by atoms with Crippen LogP contribution < -0.4 is 15.8 Å². The number of anilines is 1. The Morgan fingerprint density at radius 3 is 2.50 bits per heavy atom. The third-order valence-electron chi connectivity index (χ3n) is 2.97. The second kappa shape index (κ2) is 6.10. The van der Waals surface area contributed by atoms with Crippen molar-refractivity contribution in [3.05, 3.63) is 66.0 Å². The molecule has 0 aliphatic carbocycles. The lowest BCUT2D eigenvalue weighted by Crippen LogP contribution is -2.02. The summed E-state index contributed by atoms with van der Waals surface area (Å²) < 4.78 is 18.8. The van der Waals surface area contributed by atoms with Crippen molar-refractivity contribution in [3.8, 4) is 5.75 Å². The van der Waals surface area contributed by atoms with Gasteiger partial charge in [-0.15, -0.1) is 0 Å². The zero-order valence-electron chi connectivity index (χ0n) is 11.3. The van der Waals surface area contributed by atoms with E-state index in [4.69, 9.17) is 10.5 Å². The lowest BCUT2D eigenvalue weighted by atomic mass is 10.1. The maximum Gasteiger partial charge on any atom is 0.134 e. The zero-order chi connectivity index (χ0) is 14.5. The maximum atomic E-state index is 13.7. The number of hydrogen-bond donors (Lipinski definition) is 2. The summed E-state index contributed by atoms with van der Waals surface area (Å²) in [7, 11) is 1.63. The summed E-state index contributed by atoms with van der Waals surface area (Å²) in [6.45, 7) is 4.13. The Hall–Kier alpha value is -2.49. The van der Waals surface area contributed by atoms with Gasteiger partial charge in [-0.2, -0.15) is 0 Å². The van der Waals surface area contributed by atoms with Crippen molar-refractivity contribution in [1.29, 1.82) is 0 Å². The lowest BCUT2D eigenvalue weighted by Gasteiger charge is -2.09. The fourth-order valence-corrected chi connectivity index (χ4v) is 1.83. The van der Waals surface area contributed by atoms with Gasteiger partial charge in [0.25, 0.3) is 0 Å². The molecule has 0 unspecified atom stereocenters. The molecule has 2 rings (SSSR count). The summed E-state index contributed by atoms with van der Waals surface area (Å²) in [5.41, 5.74) is 7.83. The van der Waals surface area contributed by atoms with Crippen LogP contribution in [0, 0.1) is 5.82 Å². The van der Waals surface area contributed by atoms with Crippen LogP contribution in [0.3, 0.4) is 0 Å². The molecule has 0 spiro atoms. The first-order chi connectivity index (χ1) is 9.60. The molecule has 2 aromatic rings. The Kier molecular flexibility index (Phi) is 4.25. The van der Waals surface area contributed by atoms with E-state index in [1.165, 1.54) is 6.07 Å². The molecule has 4 heteroatoms. The molecule has 3 N–H and O–H groups in total. The van der Waals surface area contributed by atoms with E-state index in [0.717, 1.165) is 11.3 Å². The van der Waals surface area contributed by atoms with Crippen LogP contribution in [-0.2, 0) is 6.54 Å². The van der Waals surface area contributed by atoms with E-state index in [9.17, 15) is 4.39 Å². The van der Waals surface area contributed by atoms with E-state index in [-0.39, 0.29) is 11.5 Å². The largest absolute Gasteiger partial charge is 0.497 e. The molecule has 0 fully saturated rings. The first kappa shape index (κ1) is 13.9. The van der Waals surface area contributed by atoms with Gasteiger partial charge in [-0.05, 0) is 35.9 Å². The van der Waals surface area contributed by atoms with Crippen LogP contribution in [0.15, 0.2) is 49.0 Å². The molecule has 0 aromatic heterocycles. The van der Waals surface area contributed by atoms with Gasteiger partial charge in [-0.25, -0.2) is 4.39 Å². The van der Waals surface area contributed by atoms with E-state index < -0.39 is 0 Å². The molecule has 2 aromatic carbocycles.